The minimum absolute atomic E-state index is 0.0745. The topological polar surface area (TPSA) is 45.3 Å². The summed E-state index contributed by atoms with van der Waals surface area (Å²) in [4.78, 5) is 18.4. The van der Waals surface area contributed by atoms with Crippen LogP contribution in [0.25, 0.3) is 10.9 Å². The number of benzene rings is 2. The molecular formula is C21H22N2O2. The minimum Gasteiger partial charge on any atom is -0.497 e. The first-order valence-corrected chi connectivity index (χ1v) is 8.62. The molecular weight excluding hydrogens is 312 g/mol. The summed E-state index contributed by atoms with van der Waals surface area (Å²) < 4.78 is 5.31. The van der Waals surface area contributed by atoms with Gasteiger partial charge < -0.3 is 14.6 Å². The van der Waals surface area contributed by atoms with E-state index in [0.29, 0.717) is 5.69 Å². The van der Waals surface area contributed by atoms with Crippen molar-refractivity contribution in [3.63, 3.8) is 0 Å². The summed E-state index contributed by atoms with van der Waals surface area (Å²) in [5.41, 5.74) is 5.08. The number of ether oxygens (including phenoxy) is 1. The molecule has 1 fully saturated rings. The number of methoxy groups -OCH3 is 1. The van der Waals surface area contributed by atoms with Crippen LogP contribution in [0.15, 0.2) is 42.5 Å². The van der Waals surface area contributed by atoms with Gasteiger partial charge in [-0.25, -0.2) is 0 Å². The van der Waals surface area contributed by atoms with Crippen LogP contribution in [0.1, 0.15) is 39.6 Å². The highest BCUT2D eigenvalue weighted by molar-refractivity contribution is 6.01. The first-order valence-electron chi connectivity index (χ1n) is 8.62. The van der Waals surface area contributed by atoms with Gasteiger partial charge in [0.2, 0.25) is 0 Å². The molecule has 0 unspecified atom stereocenters. The van der Waals surface area contributed by atoms with E-state index in [9.17, 15) is 4.79 Å². The molecule has 2 aromatic carbocycles. The lowest BCUT2D eigenvalue weighted by Crippen LogP contribution is -2.45. The Kier molecular flexibility index (Phi) is 3.75. The predicted octanol–water partition coefficient (Wildman–Crippen LogP) is 4.38. The summed E-state index contributed by atoms with van der Waals surface area (Å²) in [7, 11) is 1.67. The van der Waals surface area contributed by atoms with Crippen LogP contribution < -0.4 is 4.74 Å². The van der Waals surface area contributed by atoms with Crippen LogP contribution >= 0.6 is 0 Å². The van der Waals surface area contributed by atoms with Gasteiger partial charge in [-0.15, -0.1) is 0 Å². The van der Waals surface area contributed by atoms with E-state index in [1.165, 1.54) is 5.56 Å². The second-order valence-electron chi connectivity index (χ2n) is 6.75. The van der Waals surface area contributed by atoms with E-state index in [2.05, 4.69) is 30.1 Å². The quantitative estimate of drug-likeness (QED) is 0.772. The SMILES string of the molecule is COc1cccc([C@@H]2CCN2C(=O)c2[nH]c3ccc(C)cc3c2C)c1. The third kappa shape index (κ3) is 2.58. The number of aryl methyl sites for hydroxylation is 2. The van der Waals surface area contributed by atoms with Gasteiger partial charge in [-0.2, -0.15) is 0 Å². The summed E-state index contributed by atoms with van der Waals surface area (Å²) in [6.07, 6.45) is 0.983. The molecule has 3 aromatic rings. The van der Waals surface area contributed by atoms with E-state index in [-0.39, 0.29) is 11.9 Å². The number of hydrogen-bond acceptors (Lipinski definition) is 2. The number of carbonyl (C=O) groups is 1. The Labute approximate surface area is 147 Å². The molecule has 0 radical (unpaired) electrons. The number of nitrogens with one attached hydrogen (secondary N) is 1. The number of amides is 1. The van der Waals surface area contributed by atoms with Crippen LogP contribution in [0, 0.1) is 13.8 Å². The molecule has 4 nitrogen and oxygen atoms in total. The lowest BCUT2D eigenvalue weighted by molar-refractivity contribution is 0.0454. The molecule has 1 aliphatic rings. The van der Waals surface area contributed by atoms with Crippen molar-refractivity contribution in [2.75, 3.05) is 13.7 Å². The minimum atomic E-state index is 0.0745. The van der Waals surface area contributed by atoms with Gasteiger partial charge in [-0.1, -0.05) is 23.8 Å². The molecule has 4 heteroatoms. The van der Waals surface area contributed by atoms with Crippen molar-refractivity contribution in [1.82, 2.24) is 9.88 Å². The molecule has 4 rings (SSSR count). The number of nitrogens with zero attached hydrogens (tertiary/aromatic N) is 1. The highest BCUT2D eigenvalue weighted by atomic mass is 16.5. The van der Waals surface area contributed by atoms with E-state index in [4.69, 9.17) is 4.74 Å². The van der Waals surface area contributed by atoms with Gasteiger partial charge in [0.15, 0.2) is 0 Å². The number of carbonyl (C=O) groups excluding carboxylic acids is 1. The van der Waals surface area contributed by atoms with Crippen LogP contribution in [0.2, 0.25) is 0 Å². The molecule has 0 aliphatic carbocycles. The van der Waals surface area contributed by atoms with Crippen LogP contribution in [0.5, 0.6) is 5.75 Å². The number of likely N-dealkylation sites (tertiary alicyclic amines) is 1. The van der Waals surface area contributed by atoms with Crippen molar-refractivity contribution in [1.29, 1.82) is 0 Å². The number of aromatic amines is 1. The normalized spacial score (nSPS) is 16.8. The van der Waals surface area contributed by atoms with Crippen molar-refractivity contribution >= 4 is 16.8 Å². The first kappa shape index (κ1) is 15.8. The fourth-order valence-corrected chi connectivity index (χ4v) is 3.62. The van der Waals surface area contributed by atoms with Crippen LogP contribution in [-0.2, 0) is 0 Å². The van der Waals surface area contributed by atoms with Gasteiger partial charge in [0.1, 0.15) is 11.4 Å². The second kappa shape index (κ2) is 5.96. The van der Waals surface area contributed by atoms with Crippen molar-refractivity contribution < 1.29 is 9.53 Å². The molecule has 2 heterocycles. The maximum atomic E-state index is 13.1. The van der Waals surface area contributed by atoms with Gasteiger partial charge >= 0.3 is 0 Å². The maximum absolute atomic E-state index is 13.1. The molecule has 0 spiro atoms. The van der Waals surface area contributed by atoms with Crippen molar-refractivity contribution in [3.8, 4) is 5.75 Å². The van der Waals surface area contributed by atoms with Gasteiger partial charge in [0.05, 0.1) is 13.2 Å². The number of hydrogen-bond donors (Lipinski definition) is 1. The van der Waals surface area contributed by atoms with E-state index in [0.717, 1.165) is 40.7 Å². The molecule has 1 saturated heterocycles. The lowest BCUT2D eigenvalue weighted by atomic mass is 9.93. The Morgan fingerprint density at radius 3 is 2.76 bits per heavy atom. The number of aromatic nitrogens is 1. The van der Waals surface area contributed by atoms with E-state index >= 15 is 0 Å². The molecule has 128 valence electrons. The molecule has 1 aliphatic heterocycles. The highest BCUT2D eigenvalue weighted by Crippen LogP contribution is 2.36. The fraction of sp³-hybridized carbons (Fsp3) is 0.286. The third-order valence-corrected chi connectivity index (χ3v) is 5.19. The van der Waals surface area contributed by atoms with E-state index in [1.807, 2.05) is 36.1 Å². The lowest BCUT2D eigenvalue weighted by Gasteiger charge is -2.41. The largest absolute Gasteiger partial charge is 0.497 e. The molecule has 1 aromatic heterocycles. The average Bonchev–Trinajstić information content (AvgIpc) is 2.90. The van der Waals surface area contributed by atoms with Crippen LogP contribution in [0.4, 0.5) is 0 Å². The Bertz CT molecular complexity index is 958. The number of rotatable bonds is 3. The Morgan fingerprint density at radius 1 is 1.20 bits per heavy atom. The van der Waals surface area contributed by atoms with Crippen LogP contribution in [0.3, 0.4) is 0 Å². The summed E-state index contributed by atoms with van der Waals surface area (Å²) in [6.45, 7) is 4.88. The zero-order valence-corrected chi connectivity index (χ0v) is 14.8. The number of H-pyrrole nitrogens is 1. The zero-order chi connectivity index (χ0) is 17.6. The third-order valence-electron chi connectivity index (χ3n) is 5.19. The fourth-order valence-electron chi connectivity index (χ4n) is 3.62. The van der Waals surface area contributed by atoms with Gasteiger partial charge in [-0.3, -0.25) is 4.79 Å². The standard InChI is InChI=1S/C21H22N2O2/c1-13-7-8-18-17(11-13)14(2)20(22-18)21(24)23-10-9-19(23)15-5-4-6-16(12-15)25-3/h4-8,11-12,19,22H,9-10H2,1-3H3/t19-/m0/s1. The molecule has 1 amide bonds. The van der Waals surface area contributed by atoms with E-state index < -0.39 is 0 Å². The molecule has 1 atom stereocenters. The molecule has 0 saturated carbocycles. The monoisotopic (exact) mass is 334 g/mol. The second-order valence-corrected chi connectivity index (χ2v) is 6.75. The highest BCUT2D eigenvalue weighted by Gasteiger charge is 2.35. The summed E-state index contributed by atoms with van der Waals surface area (Å²) >= 11 is 0. The zero-order valence-electron chi connectivity index (χ0n) is 14.8. The van der Waals surface area contributed by atoms with Crippen LogP contribution in [-0.4, -0.2) is 29.4 Å². The Hall–Kier alpha value is -2.75. The van der Waals surface area contributed by atoms with E-state index in [1.54, 1.807) is 7.11 Å². The molecule has 0 bridgehead atoms. The van der Waals surface area contributed by atoms with Crippen molar-refractivity contribution in [2.45, 2.75) is 26.3 Å². The predicted molar refractivity (Wildman–Crippen MR) is 99.2 cm³/mol. The summed E-state index contributed by atoms with van der Waals surface area (Å²) in [5.74, 6) is 0.902. The van der Waals surface area contributed by atoms with Crippen molar-refractivity contribution in [3.05, 3.63) is 64.8 Å². The summed E-state index contributed by atoms with van der Waals surface area (Å²) in [6, 6.07) is 14.4. The molecule has 1 N–H and O–H groups in total. The summed E-state index contributed by atoms with van der Waals surface area (Å²) in [5, 5.41) is 1.13. The smallest absolute Gasteiger partial charge is 0.271 e. The Balaban J connectivity index is 1.66. The Morgan fingerprint density at radius 2 is 2.04 bits per heavy atom. The average molecular weight is 334 g/mol. The van der Waals surface area contributed by atoms with Gasteiger partial charge in [0, 0.05) is 17.4 Å². The van der Waals surface area contributed by atoms with Gasteiger partial charge in [0.25, 0.3) is 5.91 Å². The maximum Gasteiger partial charge on any atom is 0.271 e. The van der Waals surface area contributed by atoms with Gasteiger partial charge in [-0.05, 0) is 55.7 Å². The molecule has 25 heavy (non-hydrogen) atoms. The first-order chi connectivity index (χ1) is 12.1. The van der Waals surface area contributed by atoms with Crippen molar-refractivity contribution in [2.24, 2.45) is 0 Å². The number of fused-ring (bicyclic) bond motifs is 1.